The molecule has 0 aliphatic heterocycles. The van der Waals surface area contributed by atoms with Gasteiger partial charge < -0.3 is 11.9 Å². The van der Waals surface area contributed by atoms with Crippen LogP contribution in [0.25, 0.3) is 0 Å². The monoisotopic (exact) mass is 170 g/mol. The minimum Gasteiger partial charge on any atom is -1.00 e. The van der Waals surface area contributed by atoms with Crippen LogP contribution in [0.1, 0.15) is 2.85 Å². The molecule has 0 amide bonds. The Bertz CT molecular complexity index is 77.1. The van der Waals surface area contributed by atoms with Crippen molar-refractivity contribution in [3.63, 3.8) is 0 Å². The van der Waals surface area contributed by atoms with Crippen LogP contribution in [0.3, 0.4) is 0 Å². The minimum atomic E-state index is -2.35. The van der Waals surface area contributed by atoms with Crippen LogP contribution in [0.2, 0.25) is 0 Å². The molecule has 0 spiro atoms. The minimum absolute atomic E-state index is 0. The summed E-state index contributed by atoms with van der Waals surface area (Å²) in [6.07, 6.45) is 0. The Balaban J connectivity index is -0.0000000300. The van der Waals surface area contributed by atoms with Crippen LogP contribution in [0.15, 0.2) is 0 Å². The smallest absolute Gasteiger partial charge is 1.00 e. The van der Waals surface area contributed by atoms with Crippen LogP contribution in [0.5, 0.6) is 0 Å². The van der Waals surface area contributed by atoms with Crippen molar-refractivity contribution in [2.24, 2.45) is 0 Å². The largest absolute Gasteiger partial charge is 1.00 e. The quantitative estimate of drug-likeness (QED) is 0.240. The molecule has 4 nitrogen and oxygen atoms in total. The van der Waals surface area contributed by atoms with Crippen LogP contribution in [0, 0.1) is 0 Å². The Labute approximate surface area is 103 Å². The summed E-state index contributed by atoms with van der Waals surface area (Å²) in [6, 6.07) is 0. The van der Waals surface area contributed by atoms with Crippen LogP contribution in [0.4, 0.5) is 0 Å². The van der Waals surface area contributed by atoms with Gasteiger partial charge in [0.15, 0.2) is 0 Å². The van der Waals surface area contributed by atoms with Crippen molar-refractivity contribution < 1.29 is 80.3 Å². The van der Waals surface area contributed by atoms with Gasteiger partial charge >= 0.3 is 68.3 Å². The predicted molar refractivity (Wildman–Crippen MR) is 23.8 cm³/mol. The van der Waals surface area contributed by atoms with Crippen molar-refractivity contribution in [3.05, 3.63) is 0 Å². The van der Waals surface area contributed by atoms with E-state index in [1.165, 1.54) is 14.2 Å². The fourth-order valence-corrected chi connectivity index (χ4v) is 0.306. The Kier molecular flexibility index (Phi) is 23.0. The molecule has 0 rings (SSSR count). The van der Waals surface area contributed by atoms with E-state index >= 15 is 0 Å². The maximum atomic E-state index is 10.0. The molecule has 0 saturated carbocycles. The molecule has 0 aliphatic rings. The summed E-state index contributed by atoms with van der Waals surface area (Å²) in [4.78, 5) is 4.00. The van der Waals surface area contributed by atoms with Crippen LogP contribution in [-0.4, -0.2) is 23.4 Å². The van der Waals surface area contributed by atoms with E-state index in [2.05, 4.69) is 13.9 Å². The first-order valence-corrected chi connectivity index (χ1v) is 2.82. The standard InChI is InChI=1S/C2H6O4Si.2Na.2H/c1-4-6-7(3)5-2;;;;/h1-2H3;;;;/q;2*+1;2*-1. The maximum absolute atomic E-state index is 10.0. The Morgan fingerprint density at radius 3 is 1.89 bits per heavy atom. The molecule has 0 bridgehead atoms. The molecule has 46 valence electrons. The number of hydrogen-bond donors (Lipinski definition) is 0. The first-order valence-electron chi connectivity index (χ1n) is 1.60. The first kappa shape index (κ1) is 16.9. The van der Waals surface area contributed by atoms with Gasteiger partial charge in [-0.1, -0.05) is 0 Å². The summed E-state index contributed by atoms with van der Waals surface area (Å²) in [6.45, 7) is 0. The molecule has 0 saturated heterocycles. The summed E-state index contributed by atoms with van der Waals surface area (Å²) in [5.74, 6) is 0. The summed E-state index contributed by atoms with van der Waals surface area (Å²) in [7, 11) is 0.191. The number of hydrogen-bond acceptors (Lipinski definition) is 4. The molecule has 0 N–H and O–H groups in total. The van der Waals surface area contributed by atoms with Gasteiger partial charge in [0, 0.05) is 0 Å². The second kappa shape index (κ2) is 12.3. The summed E-state index contributed by atoms with van der Waals surface area (Å²) >= 11 is 0. The van der Waals surface area contributed by atoms with Gasteiger partial charge in [0.25, 0.3) is 0 Å². The zero-order valence-electron chi connectivity index (χ0n) is 8.13. The molecule has 0 heterocycles. The Morgan fingerprint density at radius 2 is 1.78 bits per heavy atom. The van der Waals surface area contributed by atoms with Crippen LogP contribution in [-0.2, 0) is 18.4 Å². The molecule has 0 atom stereocenters. The summed E-state index contributed by atoms with van der Waals surface area (Å²) in [5.41, 5.74) is 0. The van der Waals surface area contributed by atoms with E-state index in [0.29, 0.717) is 0 Å². The van der Waals surface area contributed by atoms with E-state index in [9.17, 15) is 4.46 Å². The second-order valence-corrected chi connectivity index (χ2v) is 1.78. The average molecular weight is 170 g/mol. The van der Waals surface area contributed by atoms with Crippen LogP contribution >= 0.6 is 0 Å². The van der Waals surface area contributed by atoms with E-state index in [1.807, 2.05) is 0 Å². The normalized spacial score (nSPS) is 6.00. The molecule has 0 aromatic carbocycles. The van der Waals surface area contributed by atoms with Crippen LogP contribution < -0.4 is 59.1 Å². The van der Waals surface area contributed by atoms with Gasteiger partial charge in [-0.2, -0.15) is 0 Å². The molecule has 0 radical (unpaired) electrons. The van der Waals surface area contributed by atoms with E-state index in [0.717, 1.165) is 0 Å². The maximum Gasteiger partial charge on any atom is 1.00 e. The van der Waals surface area contributed by atoms with E-state index in [4.69, 9.17) is 0 Å². The van der Waals surface area contributed by atoms with Gasteiger partial charge in [-0.15, -0.1) is 0 Å². The molecule has 0 aromatic rings. The Morgan fingerprint density at radius 1 is 1.33 bits per heavy atom. The fourth-order valence-electron chi connectivity index (χ4n) is 0.102. The second-order valence-electron chi connectivity index (χ2n) is 0.704. The Hall–Kier alpha value is 1.58. The van der Waals surface area contributed by atoms with Gasteiger partial charge in [0.2, 0.25) is 0 Å². The van der Waals surface area contributed by atoms with Crippen molar-refractivity contribution in [1.82, 2.24) is 0 Å². The van der Waals surface area contributed by atoms with Crippen molar-refractivity contribution >= 4 is 9.17 Å². The zero-order chi connectivity index (χ0) is 5.70. The fraction of sp³-hybridized carbons (Fsp3) is 1.00. The van der Waals surface area contributed by atoms with E-state index < -0.39 is 9.17 Å². The molecule has 0 aliphatic carbocycles. The predicted octanol–water partition coefficient (Wildman–Crippen LogP) is -6.14. The van der Waals surface area contributed by atoms with Gasteiger partial charge in [-0.3, -0.25) is 4.46 Å². The van der Waals surface area contributed by atoms with Crippen molar-refractivity contribution in [1.29, 1.82) is 0 Å². The molecule has 0 aromatic heterocycles. The zero-order valence-corrected chi connectivity index (χ0v) is 11.1. The third-order valence-electron chi connectivity index (χ3n) is 0.318. The van der Waals surface area contributed by atoms with Gasteiger partial charge in [-0.25, -0.2) is 4.89 Å². The van der Waals surface area contributed by atoms with Crippen molar-refractivity contribution in [3.8, 4) is 0 Å². The van der Waals surface area contributed by atoms with E-state index in [1.54, 1.807) is 0 Å². The van der Waals surface area contributed by atoms with E-state index in [-0.39, 0.29) is 62.0 Å². The van der Waals surface area contributed by atoms with Gasteiger partial charge in [-0.05, 0) is 0 Å². The molecule has 0 fully saturated rings. The van der Waals surface area contributed by atoms with Crippen molar-refractivity contribution in [2.45, 2.75) is 0 Å². The molecule has 7 heteroatoms. The van der Waals surface area contributed by atoms with Gasteiger partial charge in [0.1, 0.15) is 0 Å². The number of rotatable bonds is 3. The SMILES string of the molecule is COO[Si](=O)OC.[H-].[H-].[Na+].[Na+]. The van der Waals surface area contributed by atoms with Crippen molar-refractivity contribution in [2.75, 3.05) is 14.2 Å². The molecular formula is C2H8Na2O4Si. The third-order valence-corrected chi connectivity index (χ3v) is 0.954. The summed E-state index contributed by atoms with van der Waals surface area (Å²) < 4.78 is 18.2. The molecule has 0 unspecified atom stereocenters. The molecule has 9 heavy (non-hydrogen) atoms. The summed E-state index contributed by atoms with van der Waals surface area (Å²) in [5, 5.41) is 0. The topological polar surface area (TPSA) is 44.8 Å². The first-order chi connectivity index (χ1) is 3.31. The molecular weight excluding hydrogens is 162 g/mol. The third kappa shape index (κ3) is 12.7. The van der Waals surface area contributed by atoms with Gasteiger partial charge in [0.05, 0.1) is 14.2 Å². The average Bonchev–Trinajstić information content (AvgIpc) is 1.68.